The molecule has 3 heterocycles. The average Bonchev–Trinajstić information content (AvgIpc) is 3.51. The van der Waals surface area contributed by atoms with Gasteiger partial charge in [-0.15, -0.1) is 0 Å². The summed E-state index contributed by atoms with van der Waals surface area (Å²) in [5.74, 6) is 0.936. The molecule has 0 spiro atoms. The van der Waals surface area contributed by atoms with Gasteiger partial charge in [0.05, 0.1) is 30.3 Å². The number of imidazole rings is 2. The zero-order valence-electron chi connectivity index (χ0n) is 21.9. The highest BCUT2D eigenvalue weighted by molar-refractivity contribution is 5.83. The maximum absolute atomic E-state index is 12.2. The van der Waals surface area contributed by atoms with E-state index in [4.69, 9.17) is 15.5 Å². The first-order chi connectivity index (χ1) is 18.4. The number of anilines is 1. The van der Waals surface area contributed by atoms with E-state index in [9.17, 15) is 4.79 Å². The molecule has 3 N–H and O–H groups in total. The van der Waals surface area contributed by atoms with E-state index in [0.29, 0.717) is 55.0 Å². The zero-order chi connectivity index (χ0) is 26.6. The molecule has 2 aromatic carbocycles. The molecule has 1 amide bonds. The van der Waals surface area contributed by atoms with E-state index in [0.717, 1.165) is 34.1 Å². The van der Waals surface area contributed by atoms with Gasteiger partial charge in [-0.1, -0.05) is 29.8 Å². The fourth-order valence-electron chi connectivity index (χ4n) is 4.41. The van der Waals surface area contributed by atoms with Gasteiger partial charge in [0.2, 0.25) is 0 Å². The van der Waals surface area contributed by atoms with Crippen LogP contribution >= 0.6 is 0 Å². The fraction of sp³-hybridized carbons (Fsp3) is 0.321. The number of nitrogens with two attached hydrogens (primary N) is 1. The van der Waals surface area contributed by atoms with Gasteiger partial charge in [0, 0.05) is 24.7 Å². The molecule has 0 radical (unpaired) electrons. The van der Waals surface area contributed by atoms with Crippen LogP contribution in [0.4, 0.5) is 10.6 Å². The van der Waals surface area contributed by atoms with Crippen molar-refractivity contribution in [2.75, 3.05) is 12.3 Å². The van der Waals surface area contributed by atoms with E-state index in [1.165, 1.54) is 0 Å². The summed E-state index contributed by atoms with van der Waals surface area (Å²) in [5, 5.41) is 2.83. The SMILES string of the molecule is Cc1cccc(-c2nc(N)c3ncn(CCCCOC(=O)NCc4ccc5ncn(C(C)C)c5c4)c3n2)c1. The number of hydrogen-bond donors (Lipinski definition) is 2. The minimum absolute atomic E-state index is 0.313. The van der Waals surface area contributed by atoms with Crippen LogP contribution in [-0.4, -0.2) is 41.8 Å². The molecule has 0 bridgehead atoms. The van der Waals surface area contributed by atoms with Gasteiger partial charge in [-0.2, -0.15) is 0 Å². The van der Waals surface area contributed by atoms with Crippen LogP contribution in [0, 0.1) is 6.92 Å². The number of unbranched alkanes of at least 4 members (excludes halogenated alkanes) is 1. The number of benzene rings is 2. The third-order valence-electron chi connectivity index (χ3n) is 6.43. The van der Waals surface area contributed by atoms with Gasteiger partial charge < -0.3 is 24.9 Å². The molecule has 0 aliphatic heterocycles. The lowest BCUT2D eigenvalue weighted by molar-refractivity contribution is 0.143. The first-order valence-corrected chi connectivity index (χ1v) is 12.8. The van der Waals surface area contributed by atoms with Gasteiger partial charge in [-0.25, -0.2) is 24.7 Å². The smallest absolute Gasteiger partial charge is 0.407 e. The van der Waals surface area contributed by atoms with E-state index in [1.807, 2.05) is 54.2 Å². The Bertz CT molecular complexity index is 1590. The summed E-state index contributed by atoms with van der Waals surface area (Å²) in [6.45, 7) is 7.65. The van der Waals surface area contributed by atoms with Crippen LogP contribution in [0.1, 0.15) is 43.9 Å². The first-order valence-electron chi connectivity index (χ1n) is 12.8. The molecule has 10 nitrogen and oxygen atoms in total. The Morgan fingerprint density at radius 3 is 2.76 bits per heavy atom. The number of carbonyl (C=O) groups excluding carboxylic acids is 1. The van der Waals surface area contributed by atoms with Crippen LogP contribution < -0.4 is 11.1 Å². The number of amides is 1. The maximum Gasteiger partial charge on any atom is 0.407 e. The van der Waals surface area contributed by atoms with Gasteiger partial charge >= 0.3 is 6.09 Å². The second-order valence-electron chi connectivity index (χ2n) is 9.68. The van der Waals surface area contributed by atoms with Gasteiger partial charge in [-0.05, 0) is 57.4 Å². The number of rotatable bonds is 9. The Morgan fingerprint density at radius 2 is 1.95 bits per heavy atom. The van der Waals surface area contributed by atoms with Crippen molar-refractivity contribution in [3.05, 3.63) is 66.2 Å². The highest BCUT2D eigenvalue weighted by Gasteiger charge is 2.13. The summed E-state index contributed by atoms with van der Waals surface area (Å²) < 4.78 is 9.45. The predicted molar refractivity (Wildman–Crippen MR) is 147 cm³/mol. The van der Waals surface area contributed by atoms with Crippen LogP contribution in [-0.2, 0) is 17.8 Å². The number of nitrogens with zero attached hydrogens (tertiary/aromatic N) is 6. The van der Waals surface area contributed by atoms with Crippen molar-refractivity contribution in [2.24, 2.45) is 0 Å². The number of fused-ring (bicyclic) bond motifs is 2. The number of ether oxygens (including phenoxy) is 1. The summed E-state index contributed by atoms with van der Waals surface area (Å²) in [7, 11) is 0. The summed E-state index contributed by atoms with van der Waals surface area (Å²) in [6.07, 6.45) is 4.64. The first kappa shape index (κ1) is 25.2. The molecular formula is C28H32N8O2. The molecule has 10 heteroatoms. The van der Waals surface area contributed by atoms with Crippen molar-refractivity contribution < 1.29 is 9.53 Å². The van der Waals surface area contributed by atoms with Crippen molar-refractivity contribution in [1.82, 2.24) is 34.4 Å². The highest BCUT2D eigenvalue weighted by Crippen LogP contribution is 2.23. The topological polar surface area (TPSA) is 126 Å². The average molecular weight is 513 g/mol. The molecule has 5 aromatic rings. The summed E-state index contributed by atoms with van der Waals surface area (Å²) in [5.41, 5.74) is 12.5. The van der Waals surface area contributed by atoms with Crippen molar-refractivity contribution in [3.63, 3.8) is 0 Å². The van der Waals surface area contributed by atoms with E-state index >= 15 is 0 Å². The lowest BCUT2D eigenvalue weighted by Gasteiger charge is -2.10. The minimum atomic E-state index is -0.432. The Kier molecular flexibility index (Phi) is 7.21. The third-order valence-corrected chi connectivity index (χ3v) is 6.43. The second-order valence-corrected chi connectivity index (χ2v) is 9.68. The zero-order valence-corrected chi connectivity index (χ0v) is 21.9. The Hall–Kier alpha value is -4.47. The van der Waals surface area contributed by atoms with Crippen molar-refractivity contribution in [3.8, 4) is 11.4 Å². The van der Waals surface area contributed by atoms with E-state index < -0.39 is 6.09 Å². The van der Waals surface area contributed by atoms with E-state index in [2.05, 4.69) is 44.7 Å². The van der Waals surface area contributed by atoms with Gasteiger partial charge in [0.1, 0.15) is 5.52 Å². The number of aromatic nitrogens is 6. The van der Waals surface area contributed by atoms with Crippen LogP contribution in [0.25, 0.3) is 33.6 Å². The van der Waals surface area contributed by atoms with Crippen molar-refractivity contribution in [1.29, 1.82) is 0 Å². The molecule has 0 aliphatic rings. The Balaban J connectivity index is 1.11. The summed E-state index contributed by atoms with van der Waals surface area (Å²) in [4.78, 5) is 30.2. The number of alkyl carbamates (subject to hydrolysis) is 1. The van der Waals surface area contributed by atoms with Gasteiger partial charge in [-0.3, -0.25) is 0 Å². The summed E-state index contributed by atoms with van der Waals surface area (Å²) in [6, 6.07) is 14.3. The third kappa shape index (κ3) is 5.44. The van der Waals surface area contributed by atoms with Crippen LogP contribution in [0.3, 0.4) is 0 Å². The lowest BCUT2D eigenvalue weighted by atomic mass is 10.1. The van der Waals surface area contributed by atoms with Crippen LogP contribution in [0.5, 0.6) is 0 Å². The quantitative estimate of drug-likeness (QED) is 0.266. The van der Waals surface area contributed by atoms with E-state index in [1.54, 1.807) is 6.33 Å². The number of nitrogens with one attached hydrogen (secondary N) is 1. The standard InChI is InChI=1S/C28H32N8O2/c1-18(2)36-17-31-22-10-9-20(14-23(22)36)15-30-28(37)38-12-5-4-11-35-16-32-24-25(29)33-26(34-27(24)35)21-8-6-7-19(3)13-21/h6-10,13-14,16-18H,4-5,11-12,15H2,1-3H3,(H,30,37)(H2,29,33,34). The molecule has 196 valence electrons. The maximum atomic E-state index is 12.2. The fourth-order valence-corrected chi connectivity index (χ4v) is 4.41. The Labute approximate surface area is 220 Å². The molecule has 0 saturated heterocycles. The second kappa shape index (κ2) is 10.9. The molecule has 3 aromatic heterocycles. The monoisotopic (exact) mass is 512 g/mol. The van der Waals surface area contributed by atoms with Gasteiger partial charge in [0.25, 0.3) is 0 Å². The number of aryl methyl sites for hydroxylation is 2. The molecule has 0 atom stereocenters. The molecule has 5 rings (SSSR count). The molecule has 0 aliphatic carbocycles. The number of hydrogen-bond acceptors (Lipinski definition) is 7. The molecular weight excluding hydrogens is 480 g/mol. The molecule has 0 saturated carbocycles. The Morgan fingerprint density at radius 1 is 1.08 bits per heavy atom. The van der Waals surface area contributed by atoms with Crippen LogP contribution in [0.2, 0.25) is 0 Å². The largest absolute Gasteiger partial charge is 0.450 e. The highest BCUT2D eigenvalue weighted by atomic mass is 16.5. The van der Waals surface area contributed by atoms with Crippen molar-refractivity contribution in [2.45, 2.75) is 52.7 Å². The van der Waals surface area contributed by atoms with Crippen molar-refractivity contribution >= 4 is 34.1 Å². The molecule has 0 fully saturated rings. The van der Waals surface area contributed by atoms with Crippen LogP contribution in [0.15, 0.2) is 55.1 Å². The predicted octanol–water partition coefficient (Wildman–Crippen LogP) is 5.02. The molecule has 0 unspecified atom stereocenters. The summed E-state index contributed by atoms with van der Waals surface area (Å²) >= 11 is 0. The van der Waals surface area contributed by atoms with E-state index in [-0.39, 0.29) is 0 Å². The van der Waals surface area contributed by atoms with Gasteiger partial charge in [0.15, 0.2) is 17.3 Å². The minimum Gasteiger partial charge on any atom is -0.450 e. The lowest BCUT2D eigenvalue weighted by Crippen LogP contribution is -2.24. The number of nitrogen functional groups attached to an aromatic ring is 1. The normalized spacial score (nSPS) is 11.5. The molecule has 38 heavy (non-hydrogen) atoms. The number of carbonyl (C=O) groups is 1.